The highest BCUT2D eigenvalue weighted by molar-refractivity contribution is 5.71. The molecule has 1 aromatic carbocycles. The molecule has 2 aliphatic rings. The highest BCUT2D eigenvalue weighted by Gasteiger charge is 2.32. The number of aryl methyl sites for hydroxylation is 3. The summed E-state index contributed by atoms with van der Waals surface area (Å²) in [5.41, 5.74) is 6.03. The molecular weight excluding hydrogens is 456 g/mol. The summed E-state index contributed by atoms with van der Waals surface area (Å²) < 4.78 is 11.8. The van der Waals surface area contributed by atoms with Gasteiger partial charge in [-0.25, -0.2) is 0 Å². The Morgan fingerprint density at radius 1 is 1.11 bits per heavy atom. The van der Waals surface area contributed by atoms with Gasteiger partial charge < -0.3 is 14.4 Å². The van der Waals surface area contributed by atoms with Gasteiger partial charge in [-0.1, -0.05) is 24.9 Å². The number of carboxylic acid groups (broad SMARTS) is 1. The quantitative estimate of drug-likeness (QED) is 0.446. The van der Waals surface area contributed by atoms with Gasteiger partial charge in [0.2, 0.25) is 5.82 Å². The predicted molar refractivity (Wildman–Crippen MR) is 136 cm³/mol. The lowest BCUT2D eigenvalue weighted by Gasteiger charge is -2.36. The number of likely N-dealkylation sites (tertiary alicyclic amines) is 1. The molecule has 0 radical (unpaired) electrons. The maximum Gasteiger partial charge on any atom is 0.309 e. The molecule has 5 rings (SSSR count). The van der Waals surface area contributed by atoms with Gasteiger partial charge in [0.15, 0.2) is 0 Å². The minimum Gasteiger partial charge on any atom is -0.492 e. The summed E-state index contributed by atoms with van der Waals surface area (Å²) in [5, 5.41) is 13.3. The zero-order chi connectivity index (χ0) is 25.2. The second-order valence-corrected chi connectivity index (χ2v) is 10.1. The lowest BCUT2D eigenvalue weighted by atomic mass is 10.0. The van der Waals surface area contributed by atoms with E-state index in [0.717, 1.165) is 52.4 Å². The Hall–Kier alpha value is -3.26. The maximum absolute atomic E-state index is 11.0. The van der Waals surface area contributed by atoms with Crippen molar-refractivity contribution >= 4 is 5.97 Å². The molecule has 3 heterocycles. The first-order valence-electron chi connectivity index (χ1n) is 13.0. The molecule has 0 spiro atoms. The molecule has 190 valence electrons. The van der Waals surface area contributed by atoms with Crippen LogP contribution in [0.4, 0.5) is 0 Å². The molecule has 0 unspecified atom stereocenters. The first kappa shape index (κ1) is 24.4. The number of pyridine rings is 1. The fraction of sp³-hybridized carbons (Fsp3) is 0.500. The number of carbonyl (C=O) groups is 1. The average molecular weight is 491 g/mol. The van der Waals surface area contributed by atoms with Crippen molar-refractivity contribution in [2.45, 2.75) is 58.8 Å². The van der Waals surface area contributed by atoms with Crippen LogP contribution in [0.2, 0.25) is 0 Å². The molecule has 36 heavy (non-hydrogen) atoms. The molecule has 0 bridgehead atoms. The molecular formula is C28H34N4O4. The Morgan fingerprint density at radius 2 is 1.89 bits per heavy atom. The Bertz CT molecular complexity index is 1240. The zero-order valence-electron chi connectivity index (χ0n) is 21.3. The van der Waals surface area contributed by atoms with E-state index in [1.807, 2.05) is 26.0 Å². The summed E-state index contributed by atoms with van der Waals surface area (Å²) in [7, 11) is 0. The van der Waals surface area contributed by atoms with Gasteiger partial charge in [0.05, 0.1) is 5.92 Å². The molecule has 2 aromatic heterocycles. The van der Waals surface area contributed by atoms with E-state index in [1.165, 1.54) is 25.7 Å². The van der Waals surface area contributed by atoms with Crippen LogP contribution < -0.4 is 4.74 Å². The van der Waals surface area contributed by atoms with Crippen LogP contribution in [0.15, 0.2) is 28.8 Å². The molecule has 1 saturated heterocycles. The van der Waals surface area contributed by atoms with E-state index >= 15 is 0 Å². The normalized spacial score (nSPS) is 16.9. The van der Waals surface area contributed by atoms with E-state index in [1.54, 1.807) is 0 Å². The van der Waals surface area contributed by atoms with E-state index in [9.17, 15) is 4.79 Å². The van der Waals surface area contributed by atoms with Gasteiger partial charge >= 0.3 is 5.97 Å². The van der Waals surface area contributed by atoms with Gasteiger partial charge in [-0.3, -0.25) is 14.7 Å². The highest BCUT2D eigenvalue weighted by Crippen LogP contribution is 2.35. The number of nitrogens with zero attached hydrogens (tertiary/aromatic N) is 4. The van der Waals surface area contributed by atoms with Crippen molar-refractivity contribution < 1.29 is 19.2 Å². The number of ether oxygens (including phenoxy) is 1. The van der Waals surface area contributed by atoms with E-state index < -0.39 is 5.97 Å². The predicted octanol–water partition coefficient (Wildman–Crippen LogP) is 5.03. The first-order chi connectivity index (χ1) is 17.4. The Morgan fingerprint density at radius 3 is 2.61 bits per heavy atom. The number of hydrogen-bond donors (Lipinski definition) is 1. The van der Waals surface area contributed by atoms with Crippen LogP contribution in [0.25, 0.3) is 22.8 Å². The maximum atomic E-state index is 11.0. The van der Waals surface area contributed by atoms with Gasteiger partial charge in [-0.15, -0.1) is 0 Å². The van der Waals surface area contributed by atoms with E-state index in [4.69, 9.17) is 24.3 Å². The summed E-state index contributed by atoms with van der Waals surface area (Å²) in [5.74, 6) is 1.51. The third-order valence-electron chi connectivity index (χ3n) is 7.37. The molecule has 8 heteroatoms. The summed E-state index contributed by atoms with van der Waals surface area (Å²) in [6.45, 7) is 8.58. The monoisotopic (exact) mass is 490 g/mol. The fourth-order valence-electron chi connectivity index (χ4n) is 5.34. The zero-order valence-corrected chi connectivity index (χ0v) is 21.3. The van der Waals surface area contributed by atoms with Crippen molar-refractivity contribution in [3.05, 3.63) is 46.8 Å². The minimum absolute atomic E-state index is 0.248. The first-order valence-corrected chi connectivity index (χ1v) is 13.0. The largest absolute Gasteiger partial charge is 0.492 e. The van der Waals surface area contributed by atoms with Crippen molar-refractivity contribution in [1.29, 1.82) is 0 Å². The molecule has 1 aliphatic carbocycles. The number of aliphatic carboxylic acids is 1. The van der Waals surface area contributed by atoms with E-state index in [0.29, 0.717) is 37.3 Å². The number of benzene rings is 1. The lowest BCUT2D eigenvalue weighted by molar-refractivity contribution is -0.147. The molecule has 0 atom stereocenters. The van der Waals surface area contributed by atoms with Crippen molar-refractivity contribution in [1.82, 2.24) is 20.0 Å². The number of carboxylic acids is 1. The third-order valence-corrected chi connectivity index (χ3v) is 7.37. The van der Waals surface area contributed by atoms with Crippen LogP contribution in [0, 0.1) is 19.8 Å². The Balaban J connectivity index is 1.30. The van der Waals surface area contributed by atoms with Gasteiger partial charge in [0, 0.05) is 48.1 Å². The standard InChI is InChI=1S/C28H34N4O4/c1-4-19-13-21(11-17(2)25(19)35-10-9-32-15-23(16-32)28(33)34)26-30-27(36-31-26)22-12-18(3)29-24(14-22)20-7-5-6-8-20/h11-14,20,23H,4-10,15-16H2,1-3H3,(H,33,34). The molecule has 1 saturated carbocycles. The molecule has 1 aliphatic heterocycles. The average Bonchev–Trinajstić information content (AvgIpc) is 3.53. The molecule has 0 amide bonds. The number of rotatable bonds is 9. The van der Waals surface area contributed by atoms with Gasteiger partial charge in [-0.05, 0) is 68.5 Å². The van der Waals surface area contributed by atoms with Crippen LogP contribution in [0.1, 0.15) is 61.0 Å². The molecule has 3 aromatic rings. The second-order valence-electron chi connectivity index (χ2n) is 10.1. The molecule has 1 N–H and O–H groups in total. The van der Waals surface area contributed by atoms with Crippen LogP contribution >= 0.6 is 0 Å². The summed E-state index contributed by atoms with van der Waals surface area (Å²) in [6, 6.07) is 8.22. The topological polar surface area (TPSA) is 102 Å². The summed E-state index contributed by atoms with van der Waals surface area (Å²) >= 11 is 0. The van der Waals surface area contributed by atoms with E-state index in [2.05, 4.69) is 29.1 Å². The lowest BCUT2D eigenvalue weighted by Crippen LogP contribution is -2.51. The van der Waals surface area contributed by atoms with Crippen LogP contribution in [-0.4, -0.2) is 57.3 Å². The SMILES string of the molecule is CCc1cc(-c2noc(-c3cc(C)nc(C4CCCC4)c3)n2)cc(C)c1OCCN1CC(C(=O)O)C1. The summed E-state index contributed by atoms with van der Waals surface area (Å²) in [4.78, 5) is 22.6. The Labute approximate surface area is 211 Å². The molecule has 2 fully saturated rings. The number of hydrogen-bond acceptors (Lipinski definition) is 7. The molecule has 8 nitrogen and oxygen atoms in total. The van der Waals surface area contributed by atoms with E-state index in [-0.39, 0.29) is 5.92 Å². The van der Waals surface area contributed by atoms with Crippen molar-refractivity contribution in [3.8, 4) is 28.6 Å². The van der Waals surface area contributed by atoms with Crippen LogP contribution in [-0.2, 0) is 11.2 Å². The van der Waals surface area contributed by atoms with Crippen molar-refractivity contribution in [3.63, 3.8) is 0 Å². The van der Waals surface area contributed by atoms with Gasteiger partial charge in [0.25, 0.3) is 5.89 Å². The summed E-state index contributed by atoms with van der Waals surface area (Å²) in [6.07, 6.45) is 5.73. The van der Waals surface area contributed by atoms with Gasteiger partial charge in [-0.2, -0.15) is 4.98 Å². The second kappa shape index (κ2) is 10.4. The van der Waals surface area contributed by atoms with Gasteiger partial charge in [0.1, 0.15) is 12.4 Å². The van der Waals surface area contributed by atoms with Crippen molar-refractivity contribution in [2.75, 3.05) is 26.2 Å². The fourth-order valence-corrected chi connectivity index (χ4v) is 5.34. The highest BCUT2D eigenvalue weighted by atomic mass is 16.5. The van der Waals surface area contributed by atoms with Crippen LogP contribution in [0.5, 0.6) is 5.75 Å². The third kappa shape index (κ3) is 5.14. The van der Waals surface area contributed by atoms with Crippen molar-refractivity contribution in [2.24, 2.45) is 5.92 Å². The Kier molecular flexibility index (Phi) is 7.05. The number of aromatic nitrogens is 3. The smallest absolute Gasteiger partial charge is 0.309 e. The minimum atomic E-state index is -0.718. The van der Waals surface area contributed by atoms with Crippen LogP contribution in [0.3, 0.4) is 0 Å².